The van der Waals surface area contributed by atoms with Gasteiger partial charge in [-0.05, 0) is 57.4 Å². The van der Waals surface area contributed by atoms with E-state index < -0.39 is 0 Å². The van der Waals surface area contributed by atoms with E-state index in [2.05, 4.69) is 18.7 Å². The average Bonchev–Trinajstić information content (AvgIpc) is 2.57. The average molecular weight is 247 g/mol. The largest absolute Gasteiger partial charge is 0.508 e. The fourth-order valence-corrected chi connectivity index (χ4v) is 3.04. The number of benzene rings is 1. The Kier molecular flexibility index (Phi) is 4.65. The Balaban J connectivity index is 1.97. The van der Waals surface area contributed by atoms with E-state index in [0.717, 1.165) is 6.42 Å². The van der Waals surface area contributed by atoms with Crippen LogP contribution in [0, 0.1) is 0 Å². The van der Waals surface area contributed by atoms with Gasteiger partial charge in [0.1, 0.15) is 5.75 Å². The lowest BCUT2D eigenvalue weighted by atomic mass is 10.0. The van der Waals surface area contributed by atoms with Gasteiger partial charge in [-0.1, -0.05) is 25.0 Å². The third kappa shape index (κ3) is 3.49. The molecule has 1 fully saturated rings. The molecule has 1 N–H and O–H groups in total. The summed E-state index contributed by atoms with van der Waals surface area (Å²) in [6.45, 7) is 5.92. The smallest absolute Gasteiger partial charge is 0.115 e. The Morgan fingerprint density at radius 3 is 2.67 bits per heavy atom. The fourth-order valence-electron chi connectivity index (χ4n) is 3.04. The minimum Gasteiger partial charge on any atom is -0.508 e. The maximum absolute atomic E-state index is 9.31. The minimum absolute atomic E-state index is 0.356. The zero-order chi connectivity index (χ0) is 13.0. The first-order chi connectivity index (χ1) is 8.66. The van der Waals surface area contributed by atoms with Crippen LogP contribution in [0.15, 0.2) is 24.3 Å². The molecular formula is C16H25NO. The third-order valence-electron chi connectivity index (χ3n) is 4.14. The molecular weight excluding hydrogens is 222 g/mol. The molecule has 1 aromatic rings. The van der Waals surface area contributed by atoms with Gasteiger partial charge in [-0.2, -0.15) is 0 Å². The van der Waals surface area contributed by atoms with Crippen LogP contribution in [0.1, 0.15) is 45.1 Å². The number of phenols is 1. The molecule has 2 atom stereocenters. The second-order valence-corrected chi connectivity index (χ2v) is 5.66. The molecule has 1 aliphatic rings. The fraction of sp³-hybridized carbons (Fsp3) is 0.625. The lowest BCUT2D eigenvalue weighted by Gasteiger charge is -2.33. The van der Waals surface area contributed by atoms with Crippen LogP contribution < -0.4 is 0 Å². The highest BCUT2D eigenvalue weighted by molar-refractivity contribution is 5.26. The first-order valence-electron chi connectivity index (χ1n) is 7.20. The minimum atomic E-state index is 0.356. The molecule has 2 rings (SSSR count). The van der Waals surface area contributed by atoms with Crippen LogP contribution in [-0.4, -0.2) is 28.6 Å². The maximum atomic E-state index is 9.31. The second kappa shape index (κ2) is 6.24. The van der Waals surface area contributed by atoms with Gasteiger partial charge >= 0.3 is 0 Å². The first kappa shape index (κ1) is 13.4. The predicted octanol–water partition coefficient (Wildman–Crippen LogP) is 3.59. The van der Waals surface area contributed by atoms with Gasteiger partial charge in [0.25, 0.3) is 0 Å². The molecule has 0 bridgehead atoms. The van der Waals surface area contributed by atoms with Crippen LogP contribution in [0.3, 0.4) is 0 Å². The van der Waals surface area contributed by atoms with Crippen molar-refractivity contribution in [3.63, 3.8) is 0 Å². The summed E-state index contributed by atoms with van der Waals surface area (Å²) in [5, 5.41) is 9.31. The van der Waals surface area contributed by atoms with E-state index in [9.17, 15) is 5.11 Å². The first-order valence-corrected chi connectivity index (χ1v) is 7.20. The van der Waals surface area contributed by atoms with Crippen LogP contribution in [0.25, 0.3) is 0 Å². The second-order valence-electron chi connectivity index (χ2n) is 5.66. The molecule has 100 valence electrons. The molecule has 18 heavy (non-hydrogen) atoms. The Hall–Kier alpha value is -1.02. The molecule has 0 aliphatic carbocycles. The van der Waals surface area contributed by atoms with Crippen molar-refractivity contribution < 1.29 is 5.11 Å². The molecule has 0 aromatic heterocycles. The lowest BCUT2D eigenvalue weighted by molar-refractivity contribution is 0.156. The summed E-state index contributed by atoms with van der Waals surface area (Å²) in [5.41, 5.74) is 1.32. The number of aromatic hydroxyl groups is 1. The number of hydrogen-bond acceptors (Lipinski definition) is 2. The van der Waals surface area contributed by atoms with Gasteiger partial charge in [0, 0.05) is 12.1 Å². The summed E-state index contributed by atoms with van der Waals surface area (Å²) in [4.78, 5) is 2.65. The summed E-state index contributed by atoms with van der Waals surface area (Å²) >= 11 is 0. The van der Waals surface area contributed by atoms with Crippen LogP contribution in [-0.2, 0) is 6.42 Å². The maximum Gasteiger partial charge on any atom is 0.115 e. The molecule has 1 saturated heterocycles. The number of likely N-dealkylation sites (tertiary alicyclic amines) is 1. The summed E-state index contributed by atoms with van der Waals surface area (Å²) < 4.78 is 0. The summed E-state index contributed by atoms with van der Waals surface area (Å²) in [6, 6.07) is 8.94. The van der Waals surface area contributed by atoms with Crippen LogP contribution in [0.4, 0.5) is 0 Å². The van der Waals surface area contributed by atoms with Gasteiger partial charge < -0.3 is 5.11 Å². The van der Waals surface area contributed by atoms with Gasteiger partial charge in [-0.3, -0.25) is 4.90 Å². The van der Waals surface area contributed by atoms with Crippen molar-refractivity contribution in [2.45, 2.75) is 58.0 Å². The topological polar surface area (TPSA) is 23.5 Å². The molecule has 0 amide bonds. The summed E-state index contributed by atoms with van der Waals surface area (Å²) in [5.74, 6) is 0.356. The van der Waals surface area contributed by atoms with Gasteiger partial charge in [-0.25, -0.2) is 0 Å². The number of nitrogens with zero attached hydrogens (tertiary/aromatic N) is 1. The highest BCUT2D eigenvalue weighted by atomic mass is 16.3. The van der Waals surface area contributed by atoms with Crippen molar-refractivity contribution in [2.24, 2.45) is 0 Å². The van der Waals surface area contributed by atoms with Gasteiger partial charge in [0.15, 0.2) is 0 Å². The van der Waals surface area contributed by atoms with Crippen molar-refractivity contribution in [1.82, 2.24) is 4.90 Å². The van der Waals surface area contributed by atoms with Gasteiger partial charge in [0.05, 0.1) is 0 Å². The van der Waals surface area contributed by atoms with Crippen molar-refractivity contribution in [3.8, 4) is 5.75 Å². The van der Waals surface area contributed by atoms with Crippen molar-refractivity contribution in [1.29, 1.82) is 0 Å². The van der Waals surface area contributed by atoms with Crippen molar-refractivity contribution in [3.05, 3.63) is 29.8 Å². The van der Waals surface area contributed by atoms with E-state index in [1.807, 2.05) is 12.1 Å². The van der Waals surface area contributed by atoms with Crippen LogP contribution >= 0.6 is 0 Å². The van der Waals surface area contributed by atoms with Crippen molar-refractivity contribution in [2.75, 3.05) is 6.54 Å². The van der Waals surface area contributed by atoms with Gasteiger partial charge in [-0.15, -0.1) is 0 Å². The third-order valence-corrected chi connectivity index (χ3v) is 4.14. The Morgan fingerprint density at radius 2 is 1.94 bits per heavy atom. The molecule has 1 aliphatic heterocycles. The number of hydrogen-bond donors (Lipinski definition) is 1. The SMILES string of the molecule is CC1CCCCCN1C(C)Cc1ccc(O)cc1. The van der Waals surface area contributed by atoms with Crippen LogP contribution in [0.2, 0.25) is 0 Å². The van der Waals surface area contributed by atoms with Crippen LogP contribution in [0.5, 0.6) is 5.75 Å². The normalized spacial score (nSPS) is 23.6. The highest BCUT2D eigenvalue weighted by Gasteiger charge is 2.21. The molecule has 1 aromatic carbocycles. The predicted molar refractivity (Wildman–Crippen MR) is 75.9 cm³/mol. The van der Waals surface area contributed by atoms with Crippen molar-refractivity contribution >= 4 is 0 Å². The molecule has 0 spiro atoms. The number of phenolic OH excluding ortho intramolecular Hbond substituents is 1. The Bertz CT molecular complexity index is 360. The molecule has 2 heteroatoms. The van der Waals surface area contributed by atoms with Gasteiger partial charge in [0.2, 0.25) is 0 Å². The quantitative estimate of drug-likeness (QED) is 0.882. The van der Waals surface area contributed by atoms with E-state index >= 15 is 0 Å². The lowest BCUT2D eigenvalue weighted by Crippen LogP contribution is -2.41. The molecule has 0 radical (unpaired) electrons. The summed E-state index contributed by atoms with van der Waals surface area (Å²) in [6.07, 6.45) is 6.51. The van der Waals surface area contributed by atoms with E-state index in [1.54, 1.807) is 12.1 Å². The summed E-state index contributed by atoms with van der Waals surface area (Å²) in [7, 11) is 0. The molecule has 0 saturated carbocycles. The monoisotopic (exact) mass is 247 g/mol. The van der Waals surface area contributed by atoms with E-state index in [-0.39, 0.29) is 0 Å². The number of rotatable bonds is 3. The highest BCUT2D eigenvalue weighted by Crippen LogP contribution is 2.21. The standard InChI is InChI=1S/C16H25NO/c1-13-6-4-3-5-11-17(13)14(2)12-15-7-9-16(18)10-8-15/h7-10,13-14,18H,3-6,11-12H2,1-2H3. The van der Waals surface area contributed by atoms with E-state index in [4.69, 9.17) is 0 Å². The van der Waals surface area contributed by atoms with E-state index in [0.29, 0.717) is 17.8 Å². The zero-order valence-corrected chi connectivity index (χ0v) is 11.6. The Labute approximate surface area is 111 Å². The Morgan fingerprint density at radius 1 is 1.22 bits per heavy atom. The molecule has 1 heterocycles. The zero-order valence-electron chi connectivity index (χ0n) is 11.6. The molecule has 2 unspecified atom stereocenters. The molecule has 2 nitrogen and oxygen atoms in total. The van der Waals surface area contributed by atoms with E-state index in [1.165, 1.54) is 37.8 Å².